The monoisotopic (exact) mass is 306 g/mol. The molecule has 0 unspecified atom stereocenters. The second-order valence-corrected chi connectivity index (χ2v) is 4.88. The standard InChI is InChI=1S/C18H17F3O/c1-2-3-4-5-14-6-10-16(11-7-14)22-17-12-8-15(9-13-17)18(19,20)21/h4-13H,2-3H2,1H3/b5-4+. The third-order valence-electron chi connectivity index (χ3n) is 3.06. The number of unbranched alkanes of at least 4 members (excludes halogenated alkanes) is 1. The fourth-order valence-electron chi connectivity index (χ4n) is 1.88. The molecule has 0 N–H and O–H groups in total. The Morgan fingerprint density at radius 2 is 1.45 bits per heavy atom. The first-order chi connectivity index (χ1) is 10.5. The Balaban J connectivity index is 2.01. The smallest absolute Gasteiger partial charge is 0.416 e. The zero-order valence-electron chi connectivity index (χ0n) is 12.2. The summed E-state index contributed by atoms with van der Waals surface area (Å²) in [4.78, 5) is 0. The van der Waals surface area contributed by atoms with Crippen LogP contribution in [0.15, 0.2) is 54.6 Å². The predicted octanol–water partition coefficient (Wildman–Crippen LogP) is 6.31. The minimum atomic E-state index is -4.33. The van der Waals surface area contributed by atoms with E-state index in [1.54, 1.807) is 12.1 Å². The number of hydrogen-bond acceptors (Lipinski definition) is 1. The van der Waals surface area contributed by atoms with Gasteiger partial charge >= 0.3 is 6.18 Å². The summed E-state index contributed by atoms with van der Waals surface area (Å²) in [5.41, 5.74) is 0.379. The number of hydrogen-bond donors (Lipinski definition) is 0. The van der Waals surface area contributed by atoms with Gasteiger partial charge in [0.05, 0.1) is 5.56 Å². The van der Waals surface area contributed by atoms with Crippen LogP contribution in [0.3, 0.4) is 0 Å². The van der Waals surface area contributed by atoms with E-state index in [2.05, 4.69) is 13.0 Å². The van der Waals surface area contributed by atoms with Crippen molar-refractivity contribution in [1.29, 1.82) is 0 Å². The van der Waals surface area contributed by atoms with Crippen molar-refractivity contribution in [2.45, 2.75) is 25.9 Å². The third kappa shape index (κ3) is 4.65. The lowest BCUT2D eigenvalue weighted by Gasteiger charge is -2.09. The SMILES string of the molecule is CCC/C=C/c1ccc(Oc2ccc(C(F)(F)F)cc2)cc1. The van der Waals surface area contributed by atoms with E-state index < -0.39 is 11.7 Å². The van der Waals surface area contributed by atoms with Crippen LogP contribution in [0.4, 0.5) is 13.2 Å². The molecule has 4 heteroatoms. The van der Waals surface area contributed by atoms with Crippen LogP contribution in [0.2, 0.25) is 0 Å². The fraction of sp³-hybridized carbons (Fsp3) is 0.222. The molecule has 2 aromatic rings. The highest BCUT2D eigenvalue weighted by molar-refractivity contribution is 5.50. The van der Waals surface area contributed by atoms with Crippen LogP contribution in [0.25, 0.3) is 6.08 Å². The van der Waals surface area contributed by atoms with Gasteiger partial charge in [0.25, 0.3) is 0 Å². The van der Waals surface area contributed by atoms with Gasteiger partial charge in [-0.25, -0.2) is 0 Å². The molecule has 22 heavy (non-hydrogen) atoms. The second-order valence-electron chi connectivity index (χ2n) is 4.88. The zero-order chi connectivity index (χ0) is 16.0. The molecule has 0 bridgehead atoms. The average Bonchev–Trinajstić information content (AvgIpc) is 2.49. The van der Waals surface area contributed by atoms with Crippen LogP contribution in [0.5, 0.6) is 11.5 Å². The molecule has 0 heterocycles. The summed E-state index contributed by atoms with van der Waals surface area (Å²) >= 11 is 0. The first kappa shape index (κ1) is 16.1. The number of halogens is 3. The molecule has 0 saturated carbocycles. The van der Waals surface area contributed by atoms with Crippen LogP contribution in [-0.4, -0.2) is 0 Å². The van der Waals surface area contributed by atoms with E-state index in [4.69, 9.17) is 4.74 Å². The van der Waals surface area contributed by atoms with Crippen LogP contribution >= 0.6 is 0 Å². The van der Waals surface area contributed by atoms with Crippen molar-refractivity contribution in [3.8, 4) is 11.5 Å². The van der Waals surface area contributed by atoms with Crippen molar-refractivity contribution in [1.82, 2.24) is 0 Å². The van der Waals surface area contributed by atoms with Gasteiger partial charge in [0.15, 0.2) is 0 Å². The summed E-state index contributed by atoms with van der Waals surface area (Å²) in [5.74, 6) is 0.967. The van der Waals surface area contributed by atoms with Crippen molar-refractivity contribution >= 4 is 6.08 Å². The lowest BCUT2D eigenvalue weighted by molar-refractivity contribution is -0.137. The molecule has 0 aromatic heterocycles. The van der Waals surface area contributed by atoms with Crippen molar-refractivity contribution in [2.75, 3.05) is 0 Å². The van der Waals surface area contributed by atoms with E-state index in [0.717, 1.165) is 30.5 Å². The lowest BCUT2D eigenvalue weighted by Crippen LogP contribution is -2.03. The van der Waals surface area contributed by atoms with Crippen molar-refractivity contribution in [3.05, 3.63) is 65.7 Å². The highest BCUT2D eigenvalue weighted by Crippen LogP contribution is 2.31. The van der Waals surface area contributed by atoms with Gasteiger partial charge in [0, 0.05) is 0 Å². The highest BCUT2D eigenvalue weighted by atomic mass is 19.4. The molecule has 0 saturated heterocycles. The lowest BCUT2D eigenvalue weighted by atomic mass is 10.2. The minimum absolute atomic E-state index is 0.377. The zero-order valence-corrected chi connectivity index (χ0v) is 12.2. The Labute approximate surface area is 128 Å². The number of allylic oxidation sites excluding steroid dienone is 1. The Bertz CT molecular complexity index is 610. The fourth-order valence-corrected chi connectivity index (χ4v) is 1.88. The van der Waals surface area contributed by atoms with Crippen LogP contribution in [0, 0.1) is 0 Å². The Hall–Kier alpha value is -2.23. The van der Waals surface area contributed by atoms with Gasteiger partial charge in [0.2, 0.25) is 0 Å². The molecular formula is C18H17F3O. The summed E-state index contributed by atoms with van der Waals surface area (Å²) in [6.07, 6.45) is 1.94. The molecule has 0 atom stereocenters. The summed E-state index contributed by atoms with van der Waals surface area (Å²) < 4.78 is 42.9. The topological polar surface area (TPSA) is 9.23 Å². The molecule has 0 aliphatic heterocycles. The molecule has 0 spiro atoms. The third-order valence-corrected chi connectivity index (χ3v) is 3.06. The molecule has 0 fully saturated rings. The Morgan fingerprint density at radius 3 is 1.95 bits per heavy atom. The number of alkyl halides is 3. The molecule has 0 radical (unpaired) electrons. The van der Waals surface area contributed by atoms with Crippen molar-refractivity contribution in [3.63, 3.8) is 0 Å². The summed E-state index contributed by atoms with van der Waals surface area (Å²) in [5, 5.41) is 0. The minimum Gasteiger partial charge on any atom is -0.457 e. The van der Waals surface area contributed by atoms with Gasteiger partial charge in [-0.2, -0.15) is 13.2 Å². The maximum Gasteiger partial charge on any atom is 0.416 e. The second kappa shape index (κ2) is 7.16. The van der Waals surface area contributed by atoms with E-state index in [1.165, 1.54) is 12.1 Å². The molecular weight excluding hydrogens is 289 g/mol. The molecule has 0 aliphatic carbocycles. The van der Waals surface area contributed by atoms with E-state index in [1.807, 2.05) is 18.2 Å². The number of benzene rings is 2. The van der Waals surface area contributed by atoms with Gasteiger partial charge in [-0.1, -0.05) is 37.6 Å². The van der Waals surface area contributed by atoms with Gasteiger partial charge in [-0.3, -0.25) is 0 Å². The van der Waals surface area contributed by atoms with E-state index in [9.17, 15) is 13.2 Å². The van der Waals surface area contributed by atoms with Crippen LogP contribution in [-0.2, 0) is 6.18 Å². The van der Waals surface area contributed by atoms with Gasteiger partial charge in [-0.15, -0.1) is 0 Å². The Kier molecular flexibility index (Phi) is 5.26. The van der Waals surface area contributed by atoms with Gasteiger partial charge in [0.1, 0.15) is 11.5 Å². The van der Waals surface area contributed by atoms with Crippen LogP contribution < -0.4 is 4.74 Å². The molecule has 2 rings (SSSR count). The molecule has 116 valence electrons. The van der Waals surface area contributed by atoms with E-state index in [-0.39, 0.29) is 0 Å². The molecule has 1 nitrogen and oxygen atoms in total. The van der Waals surface area contributed by atoms with E-state index in [0.29, 0.717) is 11.5 Å². The number of ether oxygens (including phenoxy) is 1. The first-order valence-corrected chi connectivity index (χ1v) is 7.11. The summed E-state index contributed by atoms with van der Waals surface area (Å²) in [6, 6.07) is 12.1. The molecule has 0 amide bonds. The number of rotatable bonds is 5. The van der Waals surface area contributed by atoms with Gasteiger partial charge in [-0.05, 0) is 48.4 Å². The van der Waals surface area contributed by atoms with Crippen molar-refractivity contribution < 1.29 is 17.9 Å². The van der Waals surface area contributed by atoms with E-state index >= 15 is 0 Å². The maximum absolute atomic E-state index is 12.5. The highest BCUT2D eigenvalue weighted by Gasteiger charge is 2.30. The summed E-state index contributed by atoms with van der Waals surface area (Å²) in [7, 11) is 0. The Morgan fingerprint density at radius 1 is 0.909 bits per heavy atom. The quantitative estimate of drug-likeness (QED) is 0.629. The normalized spacial score (nSPS) is 11.8. The summed E-state index contributed by atoms with van der Waals surface area (Å²) in [6.45, 7) is 2.12. The largest absolute Gasteiger partial charge is 0.457 e. The van der Waals surface area contributed by atoms with Crippen LogP contribution in [0.1, 0.15) is 30.9 Å². The van der Waals surface area contributed by atoms with Crippen molar-refractivity contribution in [2.24, 2.45) is 0 Å². The average molecular weight is 306 g/mol. The molecule has 2 aromatic carbocycles. The first-order valence-electron chi connectivity index (χ1n) is 7.11. The maximum atomic E-state index is 12.5. The molecule has 0 aliphatic rings. The van der Waals surface area contributed by atoms with Gasteiger partial charge < -0.3 is 4.74 Å². The predicted molar refractivity (Wildman–Crippen MR) is 81.9 cm³/mol.